The van der Waals surface area contributed by atoms with E-state index in [1.54, 1.807) is 6.20 Å². The molecule has 1 heterocycles. The normalized spacial score (nSPS) is 12.0. The molecule has 0 radical (unpaired) electrons. The summed E-state index contributed by atoms with van der Waals surface area (Å²) in [4.78, 5) is 4.17. The molecule has 0 saturated heterocycles. The van der Waals surface area contributed by atoms with E-state index in [4.69, 9.17) is 5.73 Å². The van der Waals surface area contributed by atoms with Crippen molar-refractivity contribution in [3.05, 3.63) is 28.0 Å². The van der Waals surface area contributed by atoms with E-state index in [0.29, 0.717) is 0 Å². The number of hydrogen-bond acceptors (Lipinski definition) is 2. The van der Waals surface area contributed by atoms with E-state index in [-0.39, 0.29) is 18.4 Å². The van der Waals surface area contributed by atoms with Gasteiger partial charge in [-0.1, -0.05) is 0 Å². The summed E-state index contributed by atoms with van der Waals surface area (Å²) in [5.41, 5.74) is 7.76. The van der Waals surface area contributed by atoms with Crippen LogP contribution in [0.5, 0.6) is 0 Å². The van der Waals surface area contributed by atoms with Gasteiger partial charge in [-0.25, -0.2) is 0 Å². The zero-order valence-electron chi connectivity index (χ0n) is 7.04. The smallest absolute Gasteiger partial charge is 0.0571 e. The molecule has 4 heteroatoms. The van der Waals surface area contributed by atoms with E-state index < -0.39 is 0 Å². The lowest BCUT2D eigenvalue weighted by Gasteiger charge is -2.05. The van der Waals surface area contributed by atoms with Crippen molar-refractivity contribution in [1.29, 1.82) is 0 Å². The van der Waals surface area contributed by atoms with E-state index in [2.05, 4.69) is 20.9 Å². The van der Waals surface area contributed by atoms with Crippen LogP contribution in [0.1, 0.15) is 24.2 Å². The Morgan fingerprint density at radius 2 is 2.17 bits per heavy atom. The molecule has 0 aliphatic carbocycles. The Morgan fingerprint density at radius 1 is 1.58 bits per heavy atom. The lowest BCUT2D eigenvalue weighted by Crippen LogP contribution is -2.07. The van der Waals surface area contributed by atoms with E-state index in [0.717, 1.165) is 10.2 Å². The molecule has 12 heavy (non-hydrogen) atoms. The number of halogens is 2. The minimum Gasteiger partial charge on any atom is -0.323 e. The molecule has 0 aromatic carbocycles. The minimum atomic E-state index is 0. The Morgan fingerprint density at radius 3 is 2.58 bits per heavy atom. The van der Waals surface area contributed by atoms with Gasteiger partial charge in [-0.05, 0) is 41.4 Å². The predicted octanol–water partition coefficient (Wildman–Crippen LogP) is 2.59. The molecule has 0 aliphatic heterocycles. The molecular weight excluding hydrogens is 239 g/mol. The Kier molecular flexibility index (Phi) is 4.75. The van der Waals surface area contributed by atoms with E-state index >= 15 is 0 Å². The van der Waals surface area contributed by atoms with Crippen LogP contribution in [0.4, 0.5) is 0 Å². The summed E-state index contributed by atoms with van der Waals surface area (Å²) < 4.78 is 1.03. The van der Waals surface area contributed by atoms with Crippen LogP contribution in [-0.2, 0) is 0 Å². The first-order valence-corrected chi connectivity index (χ1v) is 4.28. The fourth-order valence-electron chi connectivity index (χ4n) is 0.810. The Hall–Kier alpha value is -0.120. The van der Waals surface area contributed by atoms with Crippen LogP contribution in [-0.4, -0.2) is 4.98 Å². The third-order valence-electron chi connectivity index (χ3n) is 1.53. The minimum absolute atomic E-state index is 0. The highest BCUT2D eigenvalue weighted by Gasteiger charge is 2.02. The number of nitrogens with zero attached hydrogens (tertiary/aromatic N) is 1. The van der Waals surface area contributed by atoms with Gasteiger partial charge in [-0.15, -0.1) is 12.4 Å². The maximum absolute atomic E-state index is 5.65. The van der Waals surface area contributed by atoms with Gasteiger partial charge in [0, 0.05) is 16.7 Å². The highest BCUT2D eigenvalue weighted by atomic mass is 79.9. The summed E-state index contributed by atoms with van der Waals surface area (Å²) in [7, 11) is 0. The quantitative estimate of drug-likeness (QED) is 0.833. The molecule has 1 aromatic heterocycles. The molecule has 0 fully saturated rings. The molecule has 0 saturated carbocycles. The first-order valence-electron chi connectivity index (χ1n) is 3.49. The van der Waals surface area contributed by atoms with Gasteiger partial charge in [-0.2, -0.15) is 0 Å². The molecule has 1 unspecified atom stereocenters. The standard InChI is InChI=1S/C8H11BrN2.ClH/c1-5-3-8(6(2)10)11-4-7(5)9;/h3-4,6H,10H2,1-2H3;1H. The molecule has 1 atom stereocenters. The second-order valence-electron chi connectivity index (χ2n) is 2.65. The second-order valence-corrected chi connectivity index (χ2v) is 3.50. The third-order valence-corrected chi connectivity index (χ3v) is 2.36. The first-order chi connectivity index (χ1) is 5.11. The van der Waals surface area contributed by atoms with Crippen molar-refractivity contribution < 1.29 is 0 Å². The molecule has 0 bridgehead atoms. The highest BCUT2D eigenvalue weighted by molar-refractivity contribution is 9.10. The number of rotatable bonds is 1. The SMILES string of the molecule is Cc1cc(C(C)N)ncc1Br.Cl. The van der Waals surface area contributed by atoms with Crippen LogP contribution in [0.2, 0.25) is 0 Å². The van der Waals surface area contributed by atoms with Crippen molar-refractivity contribution in [3.8, 4) is 0 Å². The van der Waals surface area contributed by atoms with Gasteiger partial charge in [0.2, 0.25) is 0 Å². The summed E-state index contributed by atoms with van der Waals surface area (Å²) in [5, 5.41) is 0. The number of nitrogens with two attached hydrogens (primary N) is 1. The molecule has 2 N–H and O–H groups in total. The summed E-state index contributed by atoms with van der Waals surface area (Å²) in [5.74, 6) is 0. The van der Waals surface area contributed by atoms with Gasteiger partial charge >= 0.3 is 0 Å². The molecule has 2 nitrogen and oxygen atoms in total. The van der Waals surface area contributed by atoms with Crippen LogP contribution in [0.15, 0.2) is 16.7 Å². The first kappa shape index (κ1) is 11.9. The molecule has 68 valence electrons. The molecule has 0 spiro atoms. The molecule has 1 aromatic rings. The zero-order valence-corrected chi connectivity index (χ0v) is 9.45. The van der Waals surface area contributed by atoms with Gasteiger partial charge in [0.15, 0.2) is 0 Å². The lowest BCUT2D eigenvalue weighted by molar-refractivity contribution is 0.778. The van der Waals surface area contributed by atoms with Crippen LogP contribution in [0.25, 0.3) is 0 Å². The van der Waals surface area contributed by atoms with Gasteiger partial charge < -0.3 is 5.73 Å². The van der Waals surface area contributed by atoms with Gasteiger partial charge in [-0.3, -0.25) is 4.98 Å². The van der Waals surface area contributed by atoms with Crippen LogP contribution in [0.3, 0.4) is 0 Å². The second kappa shape index (κ2) is 4.80. The lowest BCUT2D eigenvalue weighted by atomic mass is 10.2. The largest absolute Gasteiger partial charge is 0.323 e. The van der Waals surface area contributed by atoms with E-state index in [1.807, 2.05) is 19.9 Å². The zero-order chi connectivity index (χ0) is 8.43. The van der Waals surface area contributed by atoms with Gasteiger partial charge in [0.25, 0.3) is 0 Å². The Labute approximate surface area is 87.1 Å². The molecule has 1 rings (SSSR count). The monoisotopic (exact) mass is 250 g/mol. The summed E-state index contributed by atoms with van der Waals surface area (Å²) in [6, 6.07) is 2.01. The highest BCUT2D eigenvalue weighted by Crippen LogP contribution is 2.16. The van der Waals surface area contributed by atoms with E-state index in [1.165, 1.54) is 5.56 Å². The predicted molar refractivity (Wildman–Crippen MR) is 56.5 cm³/mol. The van der Waals surface area contributed by atoms with Crippen LogP contribution in [0, 0.1) is 6.92 Å². The number of aromatic nitrogens is 1. The fourth-order valence-corrected chi connectivity index (χ4v) is 1.03. The maximum Gasteiger partial charge on any atom is 0.0571 e. The van der Waals surface area contributed by atoms with Crippen molar-refractivity contribution in [2.24, 2.45) is 5.73 Å². The van der Waals surface area contributed by atoms with E-state index in [9.17, 15) is 0 Å². The third kappa shape index (κ3) is 2.73. The Balaban J connectivity index is 0.00000121. The van der Waals surface area contributed by atoms with Crippen LogP contribution >= 0.6 is 28.3 Å². The van der Waals surface area contributed by atoms with Crippen molar-refractivity contribution in [2.45, 2.75) is 19.9 Å². The van der Waals surface area contributed by atoms with Gasteiger partial charge in [0.05, 0.1) is 5.69 Å². The average Bonchev–Trinajstić information content (AvgIpc) is 1.94. The number of pyridine rings is 1. The summed E-state index contributed by atoms with van der Waals surface area (Å²) in [6.07, 6.45) is 1.79. The Bertz CT molecular complexity index is 263. The average molecular weight is 252 g/mol. The summed E-state index contributed by atoms with van der Waals surface area (Å²) >= 11 is 3.38. The molecule has 0 amide bonds. The van der Waals surface area contributed by atoms with Crippen LogP contribution < -0.4 is 5.73 Å². The maximum atomic E-state index is 5.65. The number of aryl methyl sites for hydroxylation is 1. The fraction of sp³-hybridized carbons (Fsp3) is 0.375. The summed E-state index contributed by atoms with van der Waals surface area (Å²) in [6.45, 7) is 3.95. The van der Waals surface area contributed by atoms with Crippen molar-refractivity contribution in [2.75, 3.05) is 0 Å². The van der Waals surface area contributed by atoms with Crippen molar-refractivity contribution in [3.63, 3.8) is 0 Å². The molecule has 0 aliphatic rings. The van der Waals surface area contributed by atoms with Crippen molar-refractivity contribution in [1.82, 2.24) is 4.98 Å². The topological polar surface area (TPSA) is 38.9 Å². The number of hydrogen-bond donors (Lipinski definition) is 1. The van der Waals surface area contributed by atoms with Gasteiger partial charge in [0.1, 0.15) is 0 Å². The molecular formula is C8H12BrClN2. The van der Waals surface area contributed by atoms with Crippen molar-refractivity contribution >= 4 is 28.3 Å².